The van der Waals surface area contributed by atoms with E-state index in [1.165, 1.54) is 0 Å². The molecule has 0 atom stereocenters. The van der Waals surface area contributed by atoms with Gasteiger partial charge < -0.3 is 0 Å². The maximum atomic E-state index is 4.73. The Kier molecular flexibility index (Phi) is 3.71. The summed E-state index contributed by atoms with van der Waals surface area (Å²) in [6, 6.07) is 22.3. The SMILES string of the molecule is c1ccc2nc(-c3ccc4cnc(-c5ccc6nccnc6c5)cc4c3)ncc2c1. The van der Waals surface area contributed by atoms with Crippen molar-refractivity contribution in [1.29, 1.82) is 0 Å². The quantitative estimate of drug-likeness (QED) is 0.396. The van der Waals surface area contributed by atoms with E-state index in [1.807, 2.05) is 60.9 Å². The Bertz CT molecular complexity index is 1440. The summed E-state index contributed by atoms with van der Waals surface area (Å²) >= 11 is 0. The molecule has 6 aromatic rings. The van der Waals surface area contributed by atoms with E-state index in [9.17, 15) is 0 Å². The Morgan fingerprint density at radius 1 is 0.500 bits per heavy atom. The topological polar surface area (TPSA) is 64.5 Å². The van der Waals surface area contributed by atoms with Gasteiger partial charge in [0.15, 0.2) is 5.82 Å². The summed E-state index contributed by atoms with van der Waals surface area (Å²) in [5, 5.41) is 3.20. The van der Waals surface area contributed by atoms with Gasteiger partial charge >= 0.3 is 0 Å². The molecule has 0 radical (unpaired) electrons. The van der Waals surface area contributed by atoms with Gasteiger partial charge in [0.2, 0.25) is 0 Å². The number of aromatic nitrogens is 5. The number of pyridine rings is 1. The number of nitrogens with zero attached hydrogens (tertiary/aromatic N) is 5. The molecule has 5 heteroatoms. The summed E-state index contributed by atoms with van der Waals surface area (Å²) in [5.41, 5.74) is 5.56. The lowest BCUT2D eigenvalue weighted by molar-refractivity contribution is 1.23. The predicted molar refractivity (Wildman–Crippen MR) is 119 cm³/mol. The Balaban J connectivity index is 1.46. The van der Waals surface area contributed by atoms with Crippen LogP contribution in [0.1, 0.15) is 0 Å². The van der Waals surface area contributed by atoms with E-state index < -0.39 is 0 Å². The van der Waals surface area contributed by atoms with Crippen molar-refractivity contribution in [1.82, 2.24) is 24.9 Å². The first-order valence-corrected chi connectivity index (χ1v) is 9.67. The molecule has 5 nitrogen and oxygen atoms in total. The van der Waals surface area contributed by atoms with Crippen LogP contribution in [0.3, 0.4) is 0 Å². The van der Waals surface area contributed by atoms with E-state index >= 15 is 0 Å². The molecule has 30 heavy (non-hydrogen) atoms. The third-order valence-corrected chi connectivity index (χ3v) is 5.23. The molecule has 3 aromatic heterocycles. The van der Waals surface area contributed by atoms with Crippen molar-refractivity contribution in [3.63, 3.8) is 0 Å². The molecule has 3 heterocycles. The normalized spacial score (nSPS) is 11.3. The highest BCUT2D eigenvalue weighted by Gasteiger charge is 2.07. The summed E-state index contributed by atoms with van der Waals surface area (Å²) in [5.74, 6) is 0.718. The first-order valence-electron chi connectivity index (χ1n) is 9.67. The Morgan fingerprint density at radius 3 is 2.30 bits per heavy atom. The second-order valence-electron chi connectivity index (χ2n) is 7.14. The predicted octanol–water partition coefficient (Wildman–Crippen LogP) is 5.46. The summed E-state index contributed by atoms with van der Waals surface area (Å²) in [6.45, 7) is 0. The molecule has 0 fully saturated rings. The van der Waals surface area contributed by atoms with Crippen LogP contribution in [0.4, 0.5) is 0 Å². The van der Waals surface area contributed by atoms with E-state index in [0.29, 0.717) is 0 Å². The van der Waals surface area contributed by atoms with Gasteiger partial charge in [0.25, 0.3) is 0 Å². The fraction of sp³-hybridized carbons (Fsp3) is 0. The van der Waals surface area contributed by atoms with Crippen molar-refractivity contribution in [2.75, 3.05) is 0 Å². The van der Waals surface area contributed by atoms with Gasteiger partial charge in [0.1, 0.15) is 0 Å². The van der Waals surface area contributed by atoms with Crippen LogP contribution in [0.25, 0.3) is 55.4 Å². The van der Waals surface area contributed by atoms with Crippen LogP contribution in [0.15, 0.2) is 91.5 Å². The largest absolute Gasteiger partial charge is 0.256 e. The molecule has 6 rings (SSSR count). The number of para-hydroxylation sites is 1. The first kappa shape index (κ1) is 16.7. The maximum Gasteiger partial charge on any atom is 0.159 e. The zero-order valence-electron chi connectivity index (χ0n) is 15.9. The summed E-state index contributed by atoms with van der Waals surface area (Å²) in [7, 11) is 0. The molecule has 140 valence electrons. The van der Waals surface area contributed by atoms with Crippen LogP contribution < -0.4 is 0 Å². The van der Waals surface area contributed by atoms with Crippen LogP contribution in [0.5, 0.6) is 0 Å². The van der Waals surface area contributed by atoms with E-state index in [2.05, 4.69) is 38.1 Å². The van der Waals surface area contributed by atoms with E-state index in [-0.39, 0.29) is 0 Å². The Labute approximate surface area is 172 Å². The zero-order chi connectivity index (χ0) is 19.9. The summed E-state index contributed by atoms with van der Waals surface area (Å²) in [6.07, 6.45) is 7.18. The standard InChI is InChI=1S/C25H15N5/c1-2-4-21-19(3-1)15-29-25(30-21)17-5-6-18-14-28-23(13-20(18)11-17)16-7-8-22-24(12-16)27-10-9-26-22/h1-15H. The highest BCUT2D eigenvalue weighted by atomic mass is 14.9. The summed E-state index contributed by atoms with van der Waals surface area (Å²) in [4.78, 5) is 22.7. The van der Waals surface area contributed by atoms with Crippen molar-refractivity contribution in [3.8, 4) is 22.6 Å². The molecule has 0 bridgehead atoms. The van der Waals surface area contributed by atoms with Crippen molar-refractivity contribution < 1.29 is 0 Å². The molecular formula is C25H15N5. The summed E-state index contributed by atoms with van der Waals surface area (Å²) < 4.78 is 0. The minimum absolute atomic E-state index is 0.718. The van der Waals surface area contributed by atoms with Crippen molar-refractivity contribution in [2.45, 2.75) is 0 Å². The average Bonchev–Trinajstić information content (AvgIpc) is 2.82. The lowest BCUT2D eigenvalue weighted by Gasteiger charge is -2.07. The number of hydrogen-bond donors (Lipinski definition) is 0. The average molecular weight is 385 g/mol. The van der Waals surface area contributed by atoms with Crippen molar-refractivity contribution >= 4 is 32.7 Å². The van der Waals surface area contributed by atoms with Crippen LogP contribution in [-0.4, -0.2) is 24.9 Å². The first-order chi connectivity index (χ1) is 14.8. The molecule has 0 aliphatic rings. The molecule has 0 amide bonds. The van der Waals surface area contributed by atoms with Crippen molar-refractivity contribution in [3.05, 3.63) is 91.5 Å². The Hall–Kier alpha value is -4.25. The number of rotatable bonds is 2. The highest BCUT2D eigenvalue weighted by molar-refractivity contribution is 5.90. The van der Waals surface area contributed by atoms with Gasteiger partial charge in [-0.2, -0.15) is 0 Å². The monoisotopic (exact) mass is 385 g/mol. The molecule has 0 saturated carbocycles. The van der Waals surface area contributed by atoms with Crippen molar-refractivity contribution in [2.24, 2.45) is 0 Å². The minimum Gasteiger partial charge on any atom is -0.256 e. The minimum atomic E-state index is 0.718. The van der Waals surface area contributed by atoms with Gasteiger partial charge in [-0.1, -0.05) is 36.4 Å². The number of hydrogen-bond acceptors (Lipinski definition) is 5. The molecule has 0 aliphatic heterocycles. The Morgan fingerprint density at radius 2 is 1.33 bits per heavy atom. The van der Waals surface area contributed by atoms with Gasteiger partial charge in [-0.15, -0.1) is 0 Å². The van der Waals surface area contributed by atoms with Gasteiger partial charge in [0, 0.05) is 46.7 Å². The van der Waals surface area contributed by atoms with Crippen LogP contribution in [0, 0.1) is 0 Å². The molecule has 0 N–H and O–H groups in total. The zero-order valence-corrected chi connectivity index (χ0v) is 15.9. The van der Waals surface area contributed by atoms with E-state index in [0.717, 1.165) is 55.4 Å². The molecule has 3 aromatic carbocycles. The van der Waals surface area contributed by atoms with Gasteiger partial charge in [0.05, 0.1) is 22.2 Å². The fourth-order valence-electron chi connectivity index (χ4n) is 3.67. The maximum absolute atomic E-state index is 4.73. The van der Waals surface area contributed by atoms with E-state index in [4.69, 9.17) is 4.98 Å². The van der Waals surface area contributed by atoms with E-state index in [1.54, 1.807) is 12.4 Å². The molecular weight excluding hydrogens is 370 g/mol. The second-order valence-corrected chi connectivity index (χ2v) is 7.14. The smallest absolute Gasteiger partial charge is 0.159 e. The molecule has 0 saturated heterocycles. The third-order valence-electron chi connectivity index (χ3n) is 5.23. The highest BCUT2D eigenvalue weighted by Crippen LogP contribution is 2.27. The van der Waals surface area contributed by atoms with Crippen LogP contribution in [0.2, 0.25) is 0 Å². The molecule has 0 spiro atoms. The lowest BCUT2D eigenvalue weighted by atomic mass is 10.0. The second kappa shape index (κ2) is 6.67. The third kappa shape index (κ3) is 2.84. The lowest BCUT2D eigenvalue weighted by Crippen LogP contribution is -1.91. The van der Waals surface area contributed by atoms with Gasteiger partial charge in [-0.3, -0.25) is 15.0 Å². The molecule has 0 unspecified atom stereocenters. The van der Waals surface area contributed by atoms with Gasteiger partial charge in [-0.05, 0) is 35.7 Å². The fourth-order valence-corrected chi connectivity index (χ4v) is 3.67. The molecule has 0 aliphatic carbocycles. The van der Waals surface area contributed by atoms with Gasteiger partial charge in [-0.25, -0.2) is 9.97 Å². The number of benzene rings is 3. The number of fused-ring (bicyclic) bond motifs is 3. The van der Waals surface area contributed by atoms with Crippen LogP contribution in [-0.2, 0) is 0 Å². The van der Waals surface area contributed by atoms with Crippen LogP contribution >= 0.6 is 0 Å².